The fourth-order valence-corrected chi connectivity index (χ4v) is 9.32. The summed E-state index contributed by atoms with van der Waals surface area (Å²) < 4.78 is 0. The second kappa shape index (κ2) is 10.9. The summed E-state index contributed by atoms with van der Waals surface area (Å²) in [6.07, 6.45) is 3.61. The van der Waals surface area contributed by atoms with Crippen molar-refractivity contribution in [2.75, 3.05) is 41.3 Å². The summed E-state index contributed by atoms with van der Waals surface area (Å²) in [5, 5.41) is 28.3. The van der Waals surface area contributed by atoms with E-state index in [9.17, 15) is 19.6 Å². The van der Waals surface area contributed by atoms with Crippen molar-refractivity contribution >= 4 is 40.4 Å². The molecule has 0 radical (unpaired) electrons. The molecule has 0 aromatic carbocycles. The van der Waals surface area contributed by atoms with E-state index in [1.54, 1.807) is 42.9 Å². The average molecular weight is 608 g/mol. The number of amides is 3. The first-order valence-electron chi connectivity index (χ1n) is 14.0. The lowest BCUT2D eigenvalue weighted by Crippen LogP contribution is -2.43. The lowest BCUT2D eigenvalue weighted by atomic mass is 9.78. The molecule has 1 saturated carbocycles. The van der Waals surface area contributed by atoms with Gasteiger partial charge in [0.05, 0.1) is 22.4 Å². The molecule has 4 heterocycles. The van der Waals surface area contributed by atoms with Gasteiger partial charge in [-0.1, -0.05) is 5.21 Å². The molecule has 6 rings (SSSR count). The van der Waals surface area contributed by atoms with Crippen molar-refractivity contribution in [2.24, 2.45) is 5.92 Å². The quantitative estimate of drug-likeness (QED) is 0.367. The molecule has 14 heteroatoms. The van der Waals surface area contributed by atoms with E-state index >= 15 is 0 Å². The van der Waals surface area contributed by atoms with Gasteiger partial charge in [0.2, 0.25) is 5.91 Å². The Kier molecular flexibility index (Phi) is 7.36. The maximum absolute atomic E-state index is 13.1. The molecule has 3 aromatic heterocycles. The molecule has 2 fully saturated rings. The van der Waals surface area contributed by atoms with Crippen molar-refractivity contribution in [3.8, 4) is 6.07 Å². The zero-order chi connectivity index (χ0) is 29.8. The van der Waals surface area contributed by atoms with Crippen LogP contribution in [0.15, 0.2) is 12.1 Å². The van der Waals surface area contributed by atoms with E-state index in [1.165, 1.54) is 22.7 Å². The van der Waals surface area contributed by atoms with E-state index in [2.05, 4.69) is 32.0 Å². The van der Waals surface area contributed by atoms with Gasteiger partial charge in [0.15, 0.2) is 5.82 Å². The van der Waals surface area contributed by atoms with Crippen molar-refractivity contribution in [3.05, 3.63) is 48.6 Å². The van der Waals surface area contributed by atoms with Crippen LogP contribution in [0.1, 0.15) is 65.3 Å². The van der Waals surface area contributed by atoms with E-state index in [0.29, 0.717) is 47.3 Å². The zero-order valence-corrected chi connectivity index (χ0v) is 25.6. The van der Waals surface area contributed by atoms with Gasteiger partial charge in [0.25, 0.3) is 11.8 Å². The Bertz CT molecular complexity index is 1500. The monoisotopic (exact) mass is 607 g/mol. The number of aryl methyl sites for hydroxylation is 2. The second-order valence-electron chi connectivity index (χ2n) is 11.6. The first-order valence-corrected chi connectivity index (χ1v) is 15.6. The molecule has 3 aromatic rings. The van der Waals surface area contributed by atoms with Crippen LogP contribution in [-0.2, 0) is 23.1 Å². The number of hydrogen-bond donors (Lipinski definition) is 2. The number of H-pyrrole nitrogens is 1. The summed E-state index contributed by atoms with van der Waals surface area (Å²) >= 11 is 2.86. The number of aromatic nitrogens is 4. The van der Waals surface area contributed by atoms with Crippen molar-refractivity contribution in [2.45, 2.75) is 49.6 Å². The van der Waals surface area contributed by atoms with Gasteiger partial charge in [-0.2, -0.15) is 10.5 Å². The number of carbonyl (C=O) groups is 3. The van der Waals surface area contributed by atoms with Crippen LogP contribution in [0.2, 0.25) is 0 Å². The second-order valence-corrected chi connectivity index (χ2v) is 13.7. The van der Waals surface area contributed by atoms with Gasteiger partial charge in [-0.05, 0) is 67.8 Å². The summed E-state index contributed by atoms with van der Waals surface area (Å²) in [7, 11) is 6.94. The maximum Gasteiger partial charge on any atom is 0.263 e. The number of rotatable bonds is 8. The summed E-state index contributed by atoms with van der Waals surface area (Å²) in [6.45, 7) is 0.551. The van der Waals surface area contributed by atoms with Crippen molar-refractivity contribution in [1.82, 2.24) is 40.6 Å². The molecule has 1 aliphatic heterocycles. The third-order valence-electron chi connectivity index (χ3n) is 8.51. The van der Waals surface area contributed by atoms with Crippen LogP contribution >= 0.6 is 22.7 Å². The highest BCUT2D eigenvalue weighted by Crippen LogP contribution is 2.52. The van der Waals surface area contributed by atoms with Crippen molar-refractivity contribution in [3.63, 3.8) is 0 Å². The Morgan fingerprint density at radius 3 is 2.21 bits per heavy atom. The van der Waals surface area contributed by atoms with Crippen LogP contribution in [0.3, 0.4) is 0 Å². The van der Waals surface area contributed by atoms with Crippen molar-refractivity contribution < 1.29 is 14.4 Å². The minimum Gasteiger partial charge on any atom is -0.344 e. The summed E-state index contributed by atoms with van der Waals surface area (Å²) in [6, 6.07) is 6.07. The third kappa shape index (κ3) is 4.69. The number of aromatic amines is 1. The number of carbonyl (C=O) groups excluding carboxylic acids is 3. The van der Waals surface area contributed by atoms with Crippen LogP contribution in [0.25, 0.3) is 0 Å². The minimum absolute atomic E-state index is 0.0626. The first-order chi connectivity index (χ1) is 20.1. The molecule has 42 heavy (non-hydrogen) atoms. The molecule has 1 saturated heterocycles. The zero-order valence-electron chi connectivity index (χ0n) is 24.0. The summed E-state index contributed by atoms with van der Waals surface area (Å²) in [5.74, 6) is 0.696. The van der Waals surface area contributed by atoms with Crippen LogP contribution in [0.4, 0.5) is 0 Å². The number of fused-ring (bicyclic) bond motifs is 3. The molecule has 0 bridgehead atoms. The van der Waals surface area contributed by atoms with Crippen molar-refractivity contribution in [1.29, 1.82) is 5.26 Å². The Hall–Kier alpha value is -3.67. The van der Waals surface area contributed by atoms with Crippen LogP contribution in [0, 0.1) is 17.2 Å². The Balaban J connectivity index is 1.38. The molecule has 2 N–H and O–H groups in total. The Morgan fingerprint density at radius 1 is 1.07 bits per heavy atom. The number of thiophene rings is 2. The van der Waals surface area contributed by atoms with Gasteiger partial charge in [0, 0.05) is 44.0 Å². The molecule has 220 valence electrons. The highest BCUT2D eigenvalue weighted by molar-refractivity contribution is 7.16. The number of tetrazole rings is 1. The molecule has 3 aliphatic rings. The lowest BCUT2D eigenvalue weighted by molar-refractivity contribution is -0.131. The molecule has 0 spiro atoms. The largest absolute Gasteiger partial charge is 0.344 e. The van der Waals surface area contributed by atoms with Crippen LogP contribution < -0.4 is 5.32 Å². The van der Waals surface area contributed by atoms with Gasteiger partial charge in [-0.25, -0.2) is 0 Å². The predicted octanol–water partition coefficient (Wildman–Crippen LogP) is 1.65. The lowest BCUT2D eigenvalue weighted by Gasteiger charge is -2.30. The molecule has 1 unspecified atom stereocenters. The van der Waals surface area contributed by atoms with Gasteiger partial charge >= 0.3 is 0 Å². The number of nitrogens with zero attached hydrogens (tertiary/aromatic N) is 7. The highest BCUT2D eigenvalue weighted by atomic mass is 32.1. The van der Waals surface area contributed by atoms with E-state index in [1.807, 2.05) is 12.1 Å². The standard InChI is InChI=1S/C28H33N9O3S2/c1-35(2)25(39)20-11-15-5-6-16-12-21(26(40)36(3)4)42-24(16)28(23(15)41-20,27-31-33-34-32-27)7-8-30-14-22(38)37-18(13-29)9-17-10-19(17)37/h11-12,17-19,30H,5-10,14H2,1-4H3,(H,31,32,33,34)/t17-,18?,19+/m1/s1. The van der Waals surface area contributed by atoms with E-state index in [4.69, 9.17) is 0 Å². The molecule has 3 amide bonds. The number of hydrogen-bond acceptors (Lipinski definition) is 10. The van der Waals surface area contributed by atoms with Crippen LogP contribution in [-0.4, -0.2) is 106 Å². The van der Waals surface area contributed by atoms with E-state index in [0.717, 1.165) is 33.7 Å². The van der Waals surface area contributed by atoms with Gasteiger partial charge < -0.3 is 20.0 Å². The number of piperidine rings is 1. The first kappa shape index (κ1) is 28.4. The molecular weight excluding hydrogens is 575 g/mol. The highest BCUT2D eigenvalue weighted by Gasteiger charge is 2.54. The number of nitrogens with one attached hydrogen (secondary N) is 2. The summed E-state index contributed by atoms with van der Waals surface area (Å²) in [4.78, 5) is 47.3. The minimum atomic E-state index is -0.889. The predicted molar refractivity (Wildman–Crippen MR) is 156 cm³/mol. The number of nitriles is 1. The average Bonchev–Trinajstić information content (AvgIpc) is 3.47. The van der Waals surface area contributed by atoms with Crippen LogP contribution in [0.5, 0.6) is 0 Å². The smallest absolute Gasteiger partial charge is 0.263 e. The van der Waals surface area contributed by atoms with E-state index < -0.39 is 5.41 Å². The fourth-order valence-electron chi connectivity index (χ4n) is 6.35. The Morgan fingerprint density at radius 2 is 1.69 bits per heavy atom. The van der Waals surface area contributed by atoms with E-state index in [-0.39, 0.29) is 36.3 Å². The Labute approximate surface area is 251 Å². The van der Waals surface area contributed by atoms with Gasteiger partial charge in [0.1, 0.15) is 11.5 Å². The molecule has 3 atom stereocenters. The summed E-state index contributed by atoms with van der Waals surface area (Å²) in [5.41, 5.74) is 1.20. The third-order valence-corrected chi connectivity index (χ3v) is 11.2. The fraction of sp³-hybridized carbons (Fsp3) is 0.536. The normalized spacial score (nSPS) is 21.5. The topological polar surface area (TPSA) is 151 Å². The SMILES string of the molecule is CN(C)C(=O)c1cc2c(s1)C(CCNCC(=O)N1C(C#N)C[C@@H]3C[C@@H]31)(c1nn[nH]n1)c1sc(C(=O)N(C)C)cc1CC2. The van der Waals surface area contributed by atoms with Gasteiger partial charge in [-0.3, -0.25) is 14.4 Å². The molecule has 2 aliphatic carbocycles. The maximum atomic E-state index is 13.1. The molecule has 12 nitrogen and oxygen atoms in total. The molecular formula is C28H33N9O3S2. The number of likely N-dealkylation sites (tertiary alicyclic amines) is 1. The van der Waals surface area contributed by atoms with Gasteiger partial charge in [-0.15, -0.1) is 32.9 Å².